The summed E-state index contributed by atoms with van der Waals surface area (Å²) in [4.78, 5) is 24.7. The van der Waals surface area contributed by atoms with Crippen LogP contribution in [0, 0.1) is 0 Å². The highest BCUT2D eigenvalue weighted by molar-refractivity contribution is 5.76. The number of carbonyl (C=O) groups is 2. The van der Waals surface area contributed by atoms with Gasteiger partial charge in [-0.15, -0.1) is 0 Å². The summed E-state index contributed by atoms with van der Waals surface area (Å²) in [7, 11) is 0. The highest BCUT2D eigenvalue weighted by atomic mass is 16.5. The fraction of sp³-hybridized carbons (Fsp3) is 0.859. The van der Waals surface area contributed by atoms with Gasteiger partial charge in [-0.2, -0.15) is 0 Å². The summed E-state index contributed by atoms with van der Waals surface area (Å²) in [6.45, 7) is 4.91. The van der Waals surface area contributed by atoms with E-state index in [4.69, 9.17) is 4.74 Å². The number of hydrogen-bond acceptors (Lipinski definition) is 5. The molecular formula is C85H159NO5. The van der Waals surface area contributed by atoms with E-state index in [9.17, 15) is 19.8 Å². The molecule has 0 spiro atoms. The van der Waals surface area contributed by atoms with E-state index in [0.29, 0.717) is 19.4 Å². The van der Waals surface area contributed by atoms with E-state index < -0.39 is 12.1 Å². The predicted octanol–water partition coefficient (Wildman–Crippen LogP) is 27.3. The Balaban J connectivity index is 3.41. The van der Waals surface area contributed by atoms with Gasteiger partial charge in [-0.25, -0.2) is 0 Å². The molecule has 2 unspecified atom stereocenters. The number of hydrogen-bond donors (Lipinski definition) is 3. The second-order valence-electron chi connectivity index (χ2n) is 28.1. The van der Waals surface area contributed by atoms with E-state index in [-0.39, 0.29) is 18.5 Å². The minimum atomic E-state index is -0.846. The zero-order chi connectivity index (χ0) is 65.6. The first-order valence-electron chi connectivity index (χ1n) is 41.1. The smallest absolute Gasteiger partial charge is 0.305 e. The number of allylic oxidation sites excluding steroid dienone is 9. The lowest BCUT2D eigenvalue weighted by atomic mass is 10.0. The number of unbranched alkanes of at least 4 members (excludes halogenated alkanes) is 58. The van der Waals surface area contributed by atoms with Crippen molar-refractivity contribution in [3.05, 3.63) is 60.8 Å². The molecule has 0 aromatic rings. The van der Waals surface area contributed by atoms with Crippen molar-refractivity contribution in [1.82, 2.24) is 5.32 Å². The van der Waals surface area contributed by atoms with Gasteiger partial charge in [0.15, 0.2) is 0 Å². The third kappa shape index (κ3) is 76.5. The van der Waals surface area contributed by atoms with Gasteiger partial charge in [0, 0.05) is 12.8 Å². The third-order valence-corrected chi connectivity index (χ3v) is 19.0. The Bertz CT molecular complexity index is 1570. The monoisotopic (exact) mass is 1270 g/mol. The number of nitrogens with one attached hydrogen (secondary N) is 1. The molecule has 0 aliphatic rings. The largest absolute Gasteiger partial charge is 0.466 e. The lowest BCUT2D eigenvalue weighted by Gasteiger charge is -2.20. The van der Waals surface area contributed by atoms with Crippen LogP contribution in [0.25, 0.3) is 0 Å². The molecule has 1 amide bonds. The number of esters is 1. The van der Waals surface area contributed by atoms with Crippen molar-refractivity contribution >= 4 is 11.9 Å². The molecule has 0 fully saturated rings. The first-order valence-corrected chi connectivity index (χ1v) is 41.1. The van der Waals surface area contributed by atoms with Crippen molar-refractivity contribution < 1.29 is 24.5 Å². The number of carbonyl (C=O) groups excluding carboxylic acids is 2. The van der Waals surface area contributed by atoms with Crippen LogP contribution in [0.1, 0.15) is 444 Å². The van der Waals surface area contributed by atoms with Gasteiger partial charge in [0.2, 0.25) is 5.91 Å². The molecule has 0 radical (unpaired) electrons. The third-order valence-electron chi connectivity index (χ3n) is 19.0. The Kier molecular flexibility index (Phi) is 77.9. The molecule has 2 atom stereocenters. The normalized spacial score (nSPS) is 12.8. The second kappa shape index (κ2) is 80.0. The SMILES string of the molecule is CCCCC/C=C\C/C=C\CCCCCCCCCC(=O)OCCCCCCCCCCC/C=C\C/C=C\CCCCCCCCCCCCCCCCCCCC(=O)NC(CO)C(O)/C=C/CCCCCCCCCCCCCCCCCCCCCCCC. The molecule has 0 saturated heterocycles. The number of aliphatic hydroxyl groups is 2. The highest BCUT2D eigenvalue weighted by Gasteiger charge is 2.18. The van der Waals surface area contributed by atoms with Crippen LogP contribution < -0.4 is 5.32 Å². The van der Waals surface area contributed by atoms with E-state index in [1.807, 2.05) is 6.08 Å². The van der Waals surface area contributed by atoms with Gasteiger partial charge in [0.05, 0.1) is 25.4 Å². The van der Waals surface area contributed by atoms with Crippen molar-refractivity contribution in [3.63, 3.8) is 0 Å². The summed E-state index contributed by atoms with van der Waals surface area (Å²) in [5, 5.41) is 23.3. The van der Waals surface area contributed by atoms with Gasteiger partial charge in [-0.3, -0.25) is 9.59 Å². The Morgan fingerprint density at radius 3 is 0.857 bits per heavy atom. The molecular weight excluding hydrogens is 1110 g/mol. The van der Waals surface area contributed by atoms with E-state index in [1.165, 1.54) is 360 Å². The van der Waals surface area contributed by atoms with Crippen LogP contribution >= 0.6 is 0 Å². The maximum atomic E-state index is 12.6. The molecule has 3 N–H and O–H groups in total. The standard InChI is InChI=1S/C85H159NO5/c1-3-5-7-9-11-13-15-17-19-21-22-23-24-36-39-42-46-49-53-57-61-65-69-73-77-83(88)82(81-87)86-84(89)78-74-70-66-62-58-54-50-47-43-40-37-34-32-30-28-26-25-27-29-31-33-35-38-41-44-48-52-56-60-64-68-72-76-80-91-85(90)79-75-71-67-63-59-55-51-45-20-18-16-14-12-10-8-6-4-2/h12,14,18,20,29,31,35,38,73,77,82-83,87-88H,3-11,13,15-17,19,21-28,30,32-34,36-37,39-72,74-76,78-81H2,1-2H3,(H,86,89)/b14-12-,20-18-,31-29-,38-35-,77-73+. The van der Waals surface area contributed by atoms with Crippen LogP contribution in [0.15, 0.2) is 60.8 Å². The summed E-state index contributed by atoms with van der Waals surface area (Å²) in [6.07, 6.45) is 108. The van der Waals surface area contributed by atoms with Crippen LogP contribution in [-0.2, 0) is 14.3 Å². The van der Waals surface area contributed by atoms with Crippen LogP contribution in [0.2, 0.25) is 0 Å². The first-order chi connectivity index (χ1) is 45.0. The Hall–Kier alpha value is -2.44. The van der Waals surface area contributed by atoms with Gasteiger partial charge in [0.1, 0.15) is 0 Å². The van der Waals surface area contributed by atoms with Crippen molar-refractivity contribution in [2.45, 2.75) is 456 Å². The Morgan fingerprint density at radius 2 is 0.549 bits per heavy atom. The van der Waals surface area contributed by atoms with Crippen molar-refractivity contribution in [1.29, 1.82) is 0 Å². The van der Waals surface area contributed by atoms with Gasteiger partial charge < -0.3 is 20.3 Å². The molecule has 534 valence electrons. The number of aliphatic hydroxyl groups excluding tert-OH is 2. The molecule has 0 rings (SSSR count). The van der Waals surface area contributed by atoms with Gasteiger partial charge >= 0.3 is 5.97 Å². The Labute approximate surface area is 569 Å². The fourth-order valence-corrected chi connectivity index (χ4v) is 12.8. The number of ether oxygens (including phenoxy) is 1. The molecule has 0 heterocycles. The van der Waals surface area contributed by atoms with Gasteiger partial charge in [-0.1, -0.05) is 396 Å². The maximum absolute atomic E-state index is 12.6. The summed E-state index contributed by atoms with van der Waals surface area (Å²) in [5.74, 6) is -0.0552. The average Bonchev–Trinajstić information content (AvgIpc) is 3.73. The molecule has 6 heteroatoms. The molecule has 0 saturated carbocycles. The van der Waals surface area contributed by atoms with Crippen molar-refractivity contribution in [3.8, 4) is 0 Å². The lowest BCUT2D eigenvalue weighted by Crippen LogP contribution is -2.45. The molecule has 0 bridgehead atoms. The summed E-state index contributed by atoms with van der Waals surface area (Å²) in [6, 6.07) is -0.629. The second-order valence-corrected chi connectivity index (χ2v) is 28.1. The van der Waals surface area contributed by atoms with Gasteiger partial charge in [0.25, 0.3) is 0 Å². The van der Waals surface area contributed by atoms with Crippen LogP contribution in [-0.4, -0.2) is 47.4 Å². The molecule has 0 aliphatic heterocycles. The minimum absolute atomic E-state index is 0.00648. The predicted molar refractivity (Wildman–Crippen MR) is 402 cm³/mol. The number of amides is 1. The van der Waals surface area contributed by atoms with E-state index in [2.05, 4.69) is 67.8 Å². The summed E-state index contributed by atoms with van der Waals surface area (Å²) in [5.41, 5.74) is 0. The molecule has 6 nitrogen and oxygen atoms in total. The fourth-order valence-electron chi connectivity index (χ4n) is 12.8. The minimum Gasteiger partial charge on any atom is -0.466 e. The lowest BCUT2D eigenvalue weighted by molar-refractivity contribution is -0.143. The van der Waals surface area contributed by atoms with Crippen LogP contribution in [0.3, 0.4) is 0 Å². The van der Waals surface area contributed by atoms with Crippen LogP contribution in [0.5, 0.6) is 0 Å². The van der Waals surface area contributed by atoms with Gasteiger partial charge in [-0.05, 0) is 96.3 Å². The molecule has 0 aromatic carbocycles. The zero-order valence-corrected chi connectivity index (χ0v) is 61.3. The topological polar surface area (TPSA) is 95.9 Å². The maximum Gasteiger partial charge on any atom is 0.305 e. The van der Waals surface area contributed by atoms with E-state index in [1.54, 1.807) is 6.08 Å². The zero-order valence-electron chi connectivity index (χ0n) is 61.3. The van der Waals surface area contributed by atoms with E-state index in [0.717, 1.165) is 57.8 Å². The quantitative estimate of drug-likeness (QED) is 0.0320. The molecule has 0 aliphatic carbocycles. The van der Waals surface area contributed by atoms with Crippen molar-refractivity contribution in [2.24, 2.45) is 0 Å². The first kappa shape index (κ1) is 88.6. The number of rotatable bonds is 77. The molecule has 91 heavy (non-hydrogen) atoms. The van der Waals surface area contributed by atoms with Crippen LogP contribution in [0.4, 0.5) is 0 Å². The van der Waals surface area contributed by atoms with Crippen molar-refractivity contribution in [2.75, 3.05) is 13.2 Å². The summed E-state index contributed by atoms with van der Waals surface area (Å²) < 4.78 is 5.50. The van der Waals surface area contributed by atoms with E-state index >= 15 is 0 Å². The average molecular weight is 1280 g/mol. The molecule has 0 aromatic heterocycles. The summed E-state index contributed by atoms with van der Waals surface area (Å²) >= 11 is 0. The Morgan fingerprint density at radius 1 is 0.308 bits per heavy atom. The highest BCUT2D eigenvalue weighted by Crippen LogP contribution is 2.19.